The van der Waals surface area contributed by atoms with E-state index < -0.39 is 0 Å². The zero-order chi connectivity index (χ0) is 12.0. The number of hydrogen-bond acceptors (Lipinski definition) is 2. The summed E-state index contributed by atoms with van der Waals surface area (Å²) in [6.07, 6.45) is 1.02. The van der Waals surface area contributed by atoms with Gasteiger partial charge in [-0.2, -0.15) is 0 Å². The number of nitrogens with one attached hydrogen (secondary N) is 1. The van der Waals surface area contributed by atoms with Crippen LogP contribution in [0.2, 0.25) is 0 Å². The lowest BCUT2D eigenvalue weighted by atomic mass is 10.1. The number of rotatable bonds is 6. The summed E-state index contributed by atoms with van der Waals surface area (Å²) < 4.78 is 5.34. The first kappa shape index (κ1) is 12.8. The third kappa shape index (κ3) is 3.38. The number of methoxy groups -OCH3 is 1. The molecule has 0 heterocycles. The number of para-hydroxylation sites is 1. The van der Waals surface area contributed by atoms with Crippen molar-refractivity contribution in [3.63, 3.8) is 0 Å². The van der Waals surface area contributed by atoms with E-state index in [-0.39, 0.29) is 6.04 Å². The first-order chi connectivity index (χ1) is 7.69. The van der Waals surface area contributed by atoms with Crippen LogP contribution >= 0.6 is 0 Å². The Kier molecular flexibility index (Phi) is 5.06. The van der Waals surface area contributed by atoms with Gasteiger partial charge in [0.15, 0.2) is 0 Å². The summed E-state index contributed by atoms with van der Waals surface area (Å²) in [5.41, 5.74) is 2.41. The van der Waals surface area contributed by atoms with Crippen LogP contribution in [0.5, 0.6) is 5.75 Å². The zero-order valence-corrected chi connectivity index (χ0v) is 10.4. The first-order valence-electron chi connectivity index (χ1n) is 5.72. The predicted molar refractivity (Wildman–Crippen MR) is 68.8 cm³/mol. The molecular formula is C14H21NO. The Bertz CT molecular complexity index is 346. The molecule has 0 bridgehead atoms. The van der Waals surface area contributed by atoms with Crippen LogP contribution < -0.4 is 10.1 Å². The van der Waals surface area contributed by atoms with Gasteiger partial charge in [0.2, 0.25) is 0 Å². The monoisotopic (exact) mass is 219 g/mol. The molecule has 0 radical (unpaired) electrons. The Morgan fingerprint density at radius 3 is 2.75 bits per heavy atom. The highest BCUT2D eigenvalue weighted by molar-refractivity contribution is 5.35. The maximum absolute atomic E-state index is 5.34. The van der Waals surface area contributed by atoms with Crippen LogP contribution in [0.3, 0.4) is 0 Å². The SMILES string of the molecule is C=C(CC)CN[C@@H](C)c1ccccc1OC. The fraction of sp³-hybridized carbons (Fsp3) is 0.429. The molecule has 1 N–H and O–H groups in total. The van der Waals surface area contributed by atoms with Gasteiger partial charge in [0.25, 0.3) is 0 Å². The van der Waals surface area contributed by atoms with E-state index in [2.05, 4.69) is 31.8 Å². The Hall–Kier alpha value is -1.28. The summed E-state index contributed by atoms with van der Waals surface area (Å²) in [4.78, 5) is 0. The second-order valence-corrected chi connectivity index (χ2v) is 3.95. The first-order valence-corrected chi connectivity index (χ1v) is 5.72. The van der Waals surface area contributed by atoms with Crippen molar-refractivity contribution in [1.29, 1.82) is 0 Å². The van der Waals surface area contributed by atoms with Crippen LogP contribution in [-0.4, -0.2) is 13.7 Å². The summed E-state index contributed by atoms with van der Waals surface area (Å²) in [5.74, 6) is 0.935. The minimum atomic E-state index is 0.277. The van der Waals surface area contributed by atoms with E-state index >= 15 is 0 Å². The molecule has 0 aliphatic rings. The van der Waals surface area contributed by atoms with Gasteiger partial charge >= 0.3 is 0 Å². The maximum Gasteiger partial charge on any atom is 0.123 e. The number of benzene rings is 1. The van der Waals surface area contributed by atoms with Gasteiger partial charge in [-0.3, -0.25) is 0 Å². The minimum absolute atomic E-state index is 0.277. The molecule has 1 atom stereocenters. The van der Waals surface area contributed by atoms with E-state index in [4.69, 9.17) is 4.74 Å². The van der Waals surface area contributed by atoms with Crippen molar-refractivity contribution in [3.8, 4) is 5.75 Å². The van der Waals surface area contributed by atoms with Crippen LogP contribution in [0.4, 0.5) is 0 Å². The average molecular weight is 219 g/mol. The summed E-state index contributed by atoms with van der Waals surface area (Å²) in [6, 6.07) is 8.37. The molecule has 0 aliphatic carbocycles. The van der Waals surface area contributed by atoms with Gasteiger partial charge in [-0.1, -0.05) is 37.3 Å². The molecule has 88 valence electrons. The Morgan fingerprint density at radius 1 is 1.44 bits per heavy atom. The van der Waals surface area contributed by atoms with Crippen LogP contribution in [-0.2, 0) is 0 Å². The van der Waals surface area contributed by atoms with Crippen molar-refractivity contribution in [2.24, 2.45) is 0 Å². The molecule has 16 heavy (non-hydrogen) atoms. The molecule has 0 fully saturated rings. The van der Waals surface area contributed by atoms with E-state index in [9.17, 15) is 0 Å². The standard InChI is InChI=1S/C14H21NO/c1-5-11(2)10-15-12(3)13-8-6-7-9-14(13)16-4/h6-9,12,15H,2,5,10H2,1,3-4H3/t12-/m0/s1. The summed E-state index contributed by atoms with van der Waals surface area (Å²) in [6.45, 7) is 9.11. The predicted octanol–water partition coefficient (Wildman–Crippen LogP) is 3.31. The highest BCUT2D eigenvalue weighted by atomic mass is 16.5. The fourth-order valence-electron chi connectivity index (χ4n) is 1.56. The molecule has 1 rings (SSSR count). The third-order valence-electron chi connectivity index (χ3n) is 2.76. The third-order valence-corrected chi connectivity index (χ3v) is 2.76. The van der Waals surface area contributed by atoms with Crippen molar-refractivity contribution in [3.05, 3.63) is 42.0 Å². The lowest BCUT2D eigenvalue weighted by Gasteiger charge is -2.17. The van der Waals surface area contributed by atoms with Crippen LogP contribution in [0, 0.1) is 0 Å². The fourth-order valence-corrected chi connectivity index (χ4v) is 1.56. The van der Waals surface area contributed by atoms with Gasteiger partial charge in [-0.25, -0.2) is 0 Å². The van der Waals surface area contributed by atoms with E-state index in [1.165, 1.54) is 11.1 Å². The summed E-state index contributed by atoms with van der Waals surface area (Å²) >= 11 is 0. The normalized spacial score (nSPS) is 12.2. The van der Waals surface area contributed by atoms with Gasteiger partial charge in [-0.05, 0) is 19.4 Å². The average Bonchev–Trinajstić information content (AvgIpc) is 2.35. The Morgan fingerprint density at radius 2 is 2.12 bits per heavy atom. The smallest absolute Gasteiger partial charge is 0.123 e. The number of hydrogen-bond donors (Lipinski definition) is 1. The Balaban J connectivity index is 2.65. The van der Waals surface area contributed by atoms with Gasteiger partial charge in [0, 0.05) is 18.2 Å². The second kappa shape index (κ2) is 6.33. The summed E-state index contributed by atoms with van der Waals surface area (Å²) in [7, 11) is 1.70. The van der Waals surface area contributed by atoms with E-state index in [1.807, 2.05) is 18.2 Å². The molecule has 0 saturated carbocycles. The number of ether oxygens (including phenoxy) is 1. The molecule has 0 saturated heterocycles. The molecular weight excluding hydrogens is 198 g/mol. The molecule has 0 aromatic heterocycles. The molecule has 0 amide bonds. The van der Waals surface area contributed by atoms with Crippen molar-refractivity contribution in [2.75, 3.05) is 13.7 Å². The largest absolute Gasteiger partial charge is 0.496 e. The lowest BCUT2D eigenvalue weighted by Crippen LogP contribution is -2.21. The molecule has 0 spiro atoms. The molecule has 2 nitrogen and oxygen atoms in total. The molecule has 1 aromatic carbocycles. The van der Waals surface area contributed by atoms with Crippen LogP contribution in [0.1, 0.15) is 31.9 Å². The topological polar surface area (TPSA) is 21.3 Å². The second-order valence-electron chi connectivity index (χ2n) is 3.95. The van der Waals surface area contributed by atoms with Crippen LogP contribution in [0.15, 0.2) is 36.4 Å². The van der Waals surface area contributed by atoms with E-state index in [0.29, 0.717) is 0 Å². The zero-order valence-electron chi connectivity index (χ0n) is 10.4. The molecule has 0 aliphatic heterocycles. The van der Waals surface area contributed by atoms with Crippen molar-refractivity contribution >= 4 is 0 Å². The lowest BCUT2D eigenvalue weighted by molar-refractivity contribution is 0.402. The Labute approximate surface area is 98.3 Å². The van der Waals surface area contributed by atoms with Crippen LogP contribution in [0.25, 0.3) is 0 Å². The summed E-state index contributed by atoms with van der Waals surface area (Å²) in [5, 5.41) is 3.44. The molecule has 2 heteroatoms. The van der Waals surface area contributed by atoms with Crippen molar-refractivity contribution < 1.29 is 4.74 Å². The van der Waals surface area contributed by atoms with Crippen molar-refractivity contribution in [1.82, 2.24) is 5.32 Å². The van der Waals surface area contributed by atoms with E-state index in [1.54, 1.807) is 7.11 Å². The van der Waals surface area contributed by atoms with Gasteiger partial charge in [0.05, 0.1) is 7.11 Å². The molecule has 1 aromatic rings. The quantitative estimate of drug-likeness (QED) is 0.741. The van der Waals surface area contributed by atoms with Gasteiger partial charge in [0.1, 0.15) is 5.75 Å². The molecule has 0 unspecified atom stereocenters. The van der Waals surface area contributed by atoms with Gasteiger partial charge in [-0.15, -0.1) is 0 Å². The highest BCUT2D eigenvalue weighted by Gasteiger charge is 2.09. The maximum atomic E-state index is 5.34. The highest BCUT2D eigenvalue weighted by Crippen LogP contribution is 2.24. The van der Waals surface area contributed by atoms with E-state index in [0.717, 1.165) is 18.7 Å². The minimum Gasteiger partial charge on any atom is -0.496 e. The van der Waals surface area contributed by atoms with Gasteiger partial charge < -0.3 is 10.1 Å². The van der Waals surface area contributed by atoms with Crippen molar-refractivity contribution in [2.45, 2.75) is 26.3 Å².